The molecular weight excluding hydrogens is 248 g/mol. The van der Waals surface area contributed by atoms with Crippen molar-refractivity contribution in [2.45, 2.75) is 6.42 Å². The van der Waals surface area contributed by atoms with Crippen LogP contribution < -0.4 is 11.1 Å². The maximum Gasteiger partial charge on any atom is 0.106 e. The zero-order valence-electron chi connectivity index (χ0n) is 9.35. The normalized spacial score (nSPS) is 10.1. The van der Waals surface area contributed by atoms with Crippen molar-refractivity contribution >= 4 is 34.2 Å². The molecule has 0 aliphatic heterocycles. The van der Waals surface area contributed by atoms with Gasteiger partial charge in [0.05, 0.1) is 0 Å². The standard InChI is InChI=1S/C13H14N2S2/c14-13(16)11-3-1-2-4-12(11)15-7-5-10-6-8-17-9-10/h1-4,6,8-9,15H,5,7H2,(H2,14,16). The van der Waals surface area contributed by atoms with E-state index in [4.69, 9.17) is 18.0 Å². The van der Waals surface area contributed by atoms with Crippen molar-refractivity contribution in [1.82, 2.24) is 0 Å². The minimum atomic E-state index is 0.434. The Balaban J connectivity index is 1.97. The van der Waals surface area contributed by atoms with Crippen molar-refractivity contribution in [2.24, 2.45) is 5.73 Å². The highest BCUT2D eigenvalue weighted by Gasteiger charge is 2.03. The van der Waals surface area contributed by atoms with Crippen LogP contribution in [-0.4, -0.2) is 11.5 Å². The first kappa shape index (κ1) is 12.1. The second kappa shape index (κ2) is 5.80. The van der Waals surface area contributed by atoms with Crippen molar-refractivity contribution in [3.63, 3.8) is 0 Å². The summed E-state index contributed by atoms with van der Waals surface area (Å²) in [6.45, 7) is 0.885. The molecule has 0 spiro atoms. The van der Waals surface area contributed by atoms with E-state index in [9.17, 15) is 0 Å². The van der Waals surface area contributed by atoms with E-state index in [1.54, 1.807) is 11.3 Å². The van der Waals surface area contributed by atoms with Crippen LogP contribution in [0, 0.1) is 0 Å². The fraction of sp³-hybridized carbons (Fsp3) is 0.154. The zero-order valence-corrected chi connectivity index (χ0v) is 11.0. The van der Waals surface area contributed by atoms with Gasteiger partial charge in [0.1, 0.15) is 4.99 Å². The van der Waals surface area contributed by atoms with Crippen LogP contribution in [0.2, 0.25) is 0 Å². The molecule has 88 valence electrons. The van der Waals surface area contributed by atoms with Gasteiger partial charge in [-0.2, -0.15) is 11.3 Å². The number of hydrogen-bond acceptors (Lipinski definition) is 3. The van der Waals surface area contributed by atoms with Crippen LogP contribution in [0.25, 0.3) is 0 Å². The molecule has 0 saturated heterocycles. The van der Waals surface area contributed by atoms with Gasteiger partial charge in [0, 0.05) is 17.8 Å². The van der Waals surface area contributed by atoms with Gasteiger partial charge in [0.25, 0.3) is 0 Å². The molecule has 1 heterocycles. The van der Waals surface area contributed by atoms with E-state index in [0.717, 1.165) is 24.2 Å². The largest absolute Gasteiger partial charge is 0.389 e. The Kier molecular flexibility index (Phi) is 4.12. The molecule has 2 rings (SSSR count). The second-order valence-corrected chi connectivity index (χ2v) is 4.94. The summed E-state index contributed by atoms with van der Waals surface area (Å²) in [5, 5.41) is 7.63. The molecule has 0 saturated carbocycles. The second-order valence-electron chi connectivity index (χ2n) is 3.72. The molecule has 0 amide bonds. The van der Waals surface area contributed by atoms with E-state index >= 15 is 0 Å². The number of hydrogen-bond donors (Lipinski definition) is 2. The summed E-state index contributed by atoms with van der Waals surface area (Å²) in [6, 6.07) is 10.0. The lowest BCUT2D eigenvalue weighted by molar-refractivity contribution is 1.03. The lowest BCUT2D eigenvalue weighted by Crippen LogP contribution is -2.14. The van der Waals surface area contributed by atoms with Crippen LogP contribution in [0.1, 0.15) is 11.1 Å². The molecule has 4 heteroatoms. The van der Waals surface area contributed by atoms with Gasteiger partial charge >= 0.3 is 0 Å². The van der Waals surface area contributed by atoms with Gasteiger partial charge in [0.15, 0.2) is 0 Å². The number of rotatable bonds is 5. The molecule has 0 aliphatic rings. The maximum absolute atomic E-state index is 5.67. The summed E-state index contributed by atoms with van der Waals surface area (Å²) in [6.07, 6.45) is 1.01. The summed E-state index contributed by atoms with van der Waals surface area (Å²) < 4.78 is 0. The Hall–Kier alpha value is -1.39. The average molecular weight is 262 g/mol. The molecule has 1 aromatic carbocycles. The van der Waals surface area contributed by atoms with Crippen LogP contribution in [-0.2, 0) is 6.42 Å². The fourth-order valence-corrected chi connectivity index (χ4v) is 2.51. The van der Waals surface area contributed by atoms with Crippen molar-refractivity contribution in [1.29, 1.82) is 0 Å². The summed E-state index contributed by atoms with van der Waals surface area (Å²) >= 11 is 6.74. The van der Waals surface area contributed by atoms with Crippen LogP contribution in [0.3, 0.4) is 0 Å². The Morgan fingerprint density at radius 1 is 1.29 bits per heavy atom. The molecule has 1 aromatic heterocycles. The number of para-hydroxylation sites is 1. The first-order valence-electron chi connectivity index (χ1n) is 5.41. The van der Waals surface area contributed by atoms with Gasteiger partial charge in [-0.15, -0.1) is 0 Å². The summed E-state index contributed by atoms with van der Waals surface area (Å²) in [5.74, 6) is 0. The minimum Gasteiger partial charge on any atom is -0.389 e. The van der Waals surface area contributed by atoms with Crippen molar-refractivity contribution in [2.75, 3.05) is 11.9 Å². The summed E-state index contributed by atoms with van der Waals surface area (Å²) in [7, 11) is 0. The van der Waals surface area contributed by atoms with E-state index in [1.165, 1.54) is 5.56 Å². The molecule has 0 radical (unpaired) electrons. The van der Waals surface area contributed by atoms with Crippen molar-refractivity contribution in [3.8, 4) is 0 Å². The quantitative estimate of drug-likeness (QED) is 0.813. The summed E-state index contributed by atoms with van der Waals surface area (Å²) in [4.78, 5) is 0.434. The Morgan fingerprint density at radius 2 is 2.12 bits per heavy atom. The van der Waals surface area contributed by atoms with Gasteiger partial charge in [-0.1, -0.05) is 24.4 Å². The third-order valence-corrected chi connectivity index (χ3v) is 3.45. The minimum absolute atomic E-state index is 0.434. The highest BCUT2D eigenvalue weighted by atomic mass is 32.1. The molecule has 0 atom stereocenters. The summed E-state index contributed by atoms with van der Waals surface area (Å²) in [5.41, 5.74) is 8.95. The maximum atomic E-state index is 5.67. The molecule has 0 aliphatic carbocycles. The highest BCUT2D eigenvalue weighted by Crippen LogP contribution is 2.15. The molecule has 0 bridgehead atoms. The van der Waals surface area contributed by atoms with E-state index in [1.807, 2.05) is 24.3 Å². The monoisotopic (exact) mass is 262 g/mol. The van der Waals surface area contributed by atoms with E-state index in [-0.39, 0.29) is 0 Å². The predicted octanol–water partition coefficient (Wildman–Crippen LogP) is 3.04. The topological polar surface area (TPSA) is 38.0 Å². The first-order valence-corrected chi connectivity index (χ1v) is 6.76. The lowest BCUT2D eigenvalue weighted by atomic mass is 10.1. The molecule has 17 heavy (non-hydrogen) atoms. The van der Waals surface area contributed by atoms with Gasteiger partial charge < -0.3 is 11.1 Å². The smallest absolute Gasteiger partial charge is 0.106 e. The van der Waals surface area contributed by atoms with Gasteiger partial charge in [0.2, 0.25) is 0 Å². The number of anilines is 1. The van der Waals surface area contributed by atoms with E-state index in [2.05, 4.69) is 22.1 Å². The van der Waals surface area contributed by atoms with Crippen LogP contribution >= 0.6 is 23.6 Å². The van der Waals surface area contributed by atoms with Crippen molar-refractivity contribution < 1.29 is 0 Å². The van der Waals surface area contributed by atoms with Gasteiger partial charge in [-0.3, -0.25) is 0 Å². The molecule has 0 fully saturated rings. The van der Waals surface area contributed by atoms with Gasteiger partial charge in [-0.25, -0.2) is 0 Å². The van der Waals surface area contributed by atoms with Crippen LogP contribution in [0.5, 0.6) is 0 Å². The first-order chi connectivity index (χ1) is 8.27. The molecule has 0 unspecified atom stereocenters. The molecular formula is C13H14N2S2. The Bertz CT molecular complexity index is 492. The average Bonchev–Trinajstić information content (AvgIpc) is 2.82. The van der Waals surface area contributed by atoms with E-state index in [0.29, 0.717) is 4.99 Å². The van der Waals surface area contributed by atoms with Crippen molar-refractivity contribution in [3.05, 3.63) is 52.2 Å². The molecule has 2 nitrogen and oxygen atoms in total. The number of nitrogens with one attached hydrogen (secondary N) is 1. The van der Waals surface area contributed by atoms with Crippen LogP contribution in [0.15, 0.2) is 41.1 Å². The number of benzene rings is 1. The van der Waals surface area contributed by atoms with Gasteiger partial charge in [-0.05, 0) is 40.9 Å². The fourth-order valence-electron chi connectivity index (χ4n) is 1.63. The SMILES string of the molecule is NC(=S)c1ccccc1NCCc1ccsc1. The zero-order chi connectivity index (χ0) is 12.1. The van der Waals surface area contributed by atoms with Crippen LogP contribution in [0.4, 0.5) is 5.69 Å². The third-order valence-electron chi connectivity index (χ3n) is 2.50. The molecule has 2 aromatic rings. The number of thiophene rings is 1. The Labute approximate surface area is 110 Å². The lowest BCUT2D eigenvalue weighted by Gasteiger charge is -2.10. The third kappa shape index (κ3) is 3.28. The Morgan fingerprint density at radius 3 is 2.82 bits per heavy atom. The number of nitrogens with two attached hydrogens (primary N) is 1. The van der Waals surface area contributed by atoms with E-state index < -0.39 is 0 Å². The molecule has 3 N–H and O–H groups in total. The number of thiocarbonyl (C=S) groups is 1. The highest BCUT2D eigenvalue weighted by molar-refractivity contribution is 7.80. The predicted molar refractivity (Wildman–Crippen MR) is 78.8 cm³/mol.